The van der Waals surface area contributed by atoms with Crippen LogP contribution in [-0.4, -0.2) is 20.1 Å². The summed E-state index contributed by atoms with van der Waals surface area (Å²) in [5, 5.41) is 2.76. The van der Waals surface area contributed by atoms with E-state index in [1.54, 1.807) is 37.4 Å². The number of hydrogen-bond acceptors (Lipinski definition) is 5. The number of amides is 1. The second-order valence-electron chi connectivity index (χ2n) is 5.39. The van der Waals surface area contributed by atoms with Gasteiger partial charge in [0.25, 0.3) is 5.91 Å². The highest BCUT2D eigenvalue weighted by molar-refractivity contribution is 6.02. The molecule has 1 N–H and O–H groups in total. The van der Waals surface area contributed by atoms with Crippen LogP contribution >= 0.6 is 0 Å². The lowest BCUT2D eigenvalue weighted by Gasteiger charge is -2.10. The van der Waals surface area contributed by atoms with Crippen LogP contribution in [0, 0.1) is 0 Å². The Morgan fingerprint density at radius 3 is 2.46 bits per heavy atom. The summed E-state index contributed by atoms with van der Waals surface area (Å²) < 4.78 is 21.6. The minimum Gasteiger partial charge on any atom is -0.493 e. The monoisotopic (exact) mass is 353 g/mol. The van der Waals surface area contributed by atoms with Crippen molar-refractivity contribution in [1.29, 1.82) is 0 Å². The molecule has 0 aliphatic rings. The Morgan fingerprint density at radius 1 is 0.962 bits per heavy atom. The van der Waals surface area contributed by atoms with Crippen LogP contribution < -0.4 is 19.5 Å². The van der Waals surface area contributed by atoms with Gasteiger partial charge in [0.15, 0.2) is 17.3 Å². The number of methoxy groups -OCH3 is 2. The Hall–Kier alpha value is -3.41. The number of para-hydroxylation sites is 1. The summed E-state index contributed by atoms with van der Waals surface area (Å²) in [5.74, 6) is 2.26. The molecule has 6 nitrogen and oxygen atoms in total. The first-order valence-electron chi connectivity index (χ1n) is 7.99. The Bertz CT molecular complexity index is 873. The van der Waals surface area contributed by atoms with Gasteiger partial charge in [-0.25, -0.2) is 0 Å². The van der Waals surface area contributed by atoms with Gasteiger partial charge < -0.3 is 23.9 Å². The molecule has 0 saturated heterocycles. The molecule has 0 atom stereocenters. The normalized spacial score (nSPS) is 10.2. The highest BCUT2D eigenvalue weighted by Gasteiger charge is 2.13. The van der Waals surface area contributed by atoms with Gasteiger partial charge in [0.2, 0.25) is 0 Å². The first-order valence-corrected chi connectivity index (χ1v) is 7.99. The molecule has 0 spiro atoms. The molecule has 0 radical (unpaired) electrons. The van der Waals surface area contributed by atoms with E-state index in [2.05, 4.69) is 5.32 Å². The lowest BCUT2D eigenvalue weighted by Crippen LogP contribution is -2.11. The Morgan fingerprint density at radius 2 is 1.73 bits per heavy atom. The molecule has 0 saturated carbocycles. The largest absolute Gasteiger partial charge is 0.493 e. The fraction of sp³-hybridized carbons (Fsp3) is 0.150. The second-order valence-corrected chi connectivity index (χ2v) is 5.39. The summed E-state index contributed by atoms with van der Waals surface area (Å²) in [6, 6.07) is 17.8. The fourth-order valence-corrected chi connectivity index (χ4v) is 2.36. The van der Waals surface area contributed by atoms with Gasteiger partial charge in [0, 0.05) is 11.8 Å². The maximum Gasteiger partial charge on any atom is 0.291 e. The van der Waals surface area contributed by atoms with E-state index < -0.39 is 0 Å². The van der Waals surface area contributed by atoms with Crippen molar-refractivity contribution in [3.8, 4) is 17.2 Å². The molecule has 3 rings (SSSR count). The zero-order chi connectivity index (χ0) is 18.4. The van der Waals surface area contributed by atoms with Crippen LogP contribution in [0.2, 0.25) is 0 Å². The fourth-order valence-electron chi connectivity index (χ4n) is 2.36. The third-order valence-electron chi connectivity index (χ3n) is 3.65. The van der Waals surface area contributed by atoms with E-state index in [0.717, 1.165) is 5.75 Å². The summed E-state index contributed by atoms with van der Waals surface area (Å²) in [5.41, 5.74) is 0.575. The summed E-state index contributed by atoms with van der Waals surface area (Å²) in [4.78, 5) is 12.3. The Balaban J connectivity index is 1.63. The molecule has 6 heteroatoms. The Kier molecular flexibility index (Phi) is 5.43. The number of rotatable bonds is 7. The van der Waals surface area contributed by atoms with Gasteiger partial charge in [0.05, 0.1) is 14.2 Å². The zero-order valence-corrected chi connectivity index (χ0v) is 14.5. The SMILES string of the molecule is COc1ccc(NC(=O)c2ccc(COc3ccccc3)o2)cc1OC. The molecule has 0 aliphatic heterocycles. The first kappa shape index (κ1) is 17.4. The predicted molar refractivity (Wildman–Crippen MR) is 97.0 cm³/mol. The van der Waals surface area contributed by atoms with Crippen molar-refractivity contribution in [2.45, 2.75) is 6.61 Å². The van der Waals surface area contributed by atoms with Crippen molar-refractivity contribution in [1.82, 2.24) is 0 Å². The highest BCUT2D eigenvalue weighted by Crippen LogP contribution is 2.30. The van der Waals surface area contributed by atoms with Gasteiger partial charge in [-0.15, -0.1) is 0 Å². The quantitative estimate of drug-likeness (QED) is 0.692. The molecule has 26 heavy (non-hydrogen) atoms. The summed E-state index contributed by atoms with van der Waals surface area (Å²) in [7, 11) is 3.09. The molecule has 0 fully saturated rings. The van der Waals surface area contributed by atoms with Crippen molar-refractivity contribution in [3.63, 3.8) is 0 Å². The van der Waals surface area contributed by atoms with Crippen LogP contribution in [-0.2, 0) is 6.61 Å². The van der Waals surface area contributed by atoms with Gasteiger partial charge in [0.1, 0.15) is 18.1 Å². The van der Waals surface area contributed by atoms with E-state index in [1.807, 2.05) is 30.3 Å². The number of carbonyl (C=O) groups excluding carboxylic acids is 1. The molecule has 1 heterocycles. The van der Waals surface area contributed by atoms with Crippen LogP contribution in [0.3, 0.4) is 0 Å². The maximum absolute atomic E-state index is 12.3. The smallest absolute Gasteiger partial charge is 0.291 e. The molecule has 2 aromatic carbocycles. The molecular formula is C20H19NO5. The molecule has 0 aliphatic carbocycles. The maximum atomic E-state index is 12.3. The van der Waals surface area contributed by atoms with Gasteiger partial charge >= 0.3 is 0 Å². The van der Waals surface area contributed by atoms with Crippen molar-refractivity contribution in [2.24, 2.45) is 0 Å². The first-order chi connectivity index (χ1) is 12.7. The van der Waals surface area contributed by atoms with Gasteiger partial charge in [-0.2, -0.15) is 0 Å². The molecule has 0 bridgehead atoms. The summed E-state index contributed by atoms with van der Waals surface area (Å²) in [6.07, 6.45) is 0. The van der Waals surface area contributed by atoms with Crippen molar-refractivity contribution < 1.29 is 23.4 Å². The van der Waals surface area contributed by atoms with E-state index in [0.29, 0.717) is 22.9 Å². The van der Waals surface area contributed by atoms with Crippen LogP contribution in [0.5, 0.6) is 17.2 Å². The minimum absolute atomic E-state index is 0.200. The third kappa shape index (κ3) is 4.16. The minimum atomic E-state index is -0.358. The lowest BCUT2D eigenvalue weighted by atomic mass is 10.2. The molecule has 0 unspecified atom stereocenters. The number of nitrogens with one attached hydrogen (secondary N) is 1. The second kappa shape index (κ2) is 8.11. The number of ether oxygens (including phenoxy) is 3. The molecular weight excluding hydrogens is 334 g/mol. The summed E-state index contributed by atoms with van der Waals surface area (Å²) in [6.45, 7) is 0.244. The average Bonchev–Trinajstić information content (AvgIpc) is 3.16. The van der Waals surface area contributed by atoms with Crippen LogP contribution in [0.15, 0.2) is 65.1 Å². The van der Waals surface area contributed by atoms with E-state index in [1.165, 1.54) is 7.11 Å². The van der Waals surface area contributed by atoms with Crippen LogP contribution in [0.4, 0.5) is 5.69 Å². The molecule has 1 aromatic heterocycles. The zero-order valence-electron chi connectivity index (χ0n) is 14.5. The van der Waals surface area contributed by atoms with Crippen LogP contribution in [0.25, 0.3) is 0 Å². The van der Waals surface area contributed by atoms with E-state index in [9.17, 15) is 4.79 Å². The average molecular weight is 353 g/mol. The number of carbonyl (C=O) groups is 1. The van der Waals surface area contributed by atoms with Crippen molar-refractivity contribution in [3.05, 3.63) is 72.2 Å². The van der Waals surface area contributed by atoms with Gasteiger partial charge in [-0.1, -0.05) is 18.2 Å². The number of hydrogen-bond donors (Lipinski definition) is 1. The highest BCUT2D eigenvalue weighted by atomic mass is 16.5. The van der Waals surface area contributed by atoms with Crippen molar-refractivity contribution >= 4 is 11.6 Å². The third-order valence-corrected chi connectivity index (χ3v) is 3.65. The number of anilines is 1. The van der Waals surface area contributed by atoms with Crippen LogP contribution in [0.1, 0.15) is 16.3 Å². The van der Waals surface area contributed by atoms with Gasteiger partial charge in [-0.05, 0) is 36.4 Å². The standard InChI is InChI=1S/C20H19NO5/c1-23-17-10-8-14(12-19(17)24-2)21-20(22)18-11-9-16(26-18)13-25-15-6-4-3-5-7-15/h3-12H,13H2,1-2H3,(H,21,22). The number of furan rings is 1. The summed E-state index contributed by atoms with van der Waals surface area (Å²) >= 11 is 0. The topological polar surface area (TPSA) is 69.9 Å². The van der Waals surface area contributed by atoms with E-state index in [-0.39, 0.29) is 18.3 Å². The lowest BCUT2D eigenvalue weighted by molar-refractivity contribution is 0.0992. The molecule has 134 valence electrons. The van der Waals surface area contributed by atoms with Crippen molar-refractivity contribution in [2.75, 3.05) is 19.5 Å². The van der Waals surface area contributed by atoms with E-state index >= 15 is 0 Å². The number of benzene rings is 2. The van der Waals surface area contributed by atoms with E-state index in [4.69, 9.17) is 18.6 Å². The molecule has 1 amide bonds. The Labute approximate surface area is 151 Å². The predicted octanol–water partition coefficient (Wildman–Crippen LogP) is 4.13. The van der Waals surface area contributed by atoms with Gasteiger partial charge in [-0.3, -0.25) is 4.79 Å². The molecule has 3 aromatic rings.